The first-order valence-electron chi connectivity index (χ1n) is 6.38. The number of hydrogen-bond acceptors (Lipinski definition) is 2. The zero-order valence-electron chi connectivity index (χ0n) is 12.5. The van der Waals surface area contributed by atoms with Crippen molar-refractivity contribution in [2.75, 3.05) is 34.2 Å². The normalized spacial score (nSPS) is 11.0. The molecule has 2 nitrogen and oxygen atoms in total. The van der Waals surface area contributed by atoms with Gasteiger partial charge in [0.25, 0.3) is 0 Å². The molecular weight excluding hydrogens is 227 g/mol. The first-order valence-corrected chi connectivity index (χ1v) is 6.38. The summed E-state index contributed by atoms with van der Waals surface area (Å²) in [6.07, 6.45) is 0. The fourth-order valence-electron chi connectivity index (χ4n) is 1.99. The van der Waals surface area contributed by atoms with Crippen molar-refractivity contribution in [3.05, 3.63) is 48.0 Å². The fourth-order valence-corrected chi connectivity index (χ4v) is 1.99. The molecule has 0 aliphatic carbocycles. The number of rotatable bonds is 5. The average Bonchev–Trinajstić information content (AvgIpc) is 2.36. The number of benzene rings is 2. The van der Waals surface area contributed by atoms with Gasteiger partial charge >= 0.3 is 18.9 Å². The molecule has 0 saturated heterocycles. The summed E-state index contributed by atoms with van der Waals surface area (Å²) in [6.45, 7) is 3.12. The molecule has 0 aromatic heterocycles. The van der Waals surface area contributed by atoms with Crippen molar-refractivity contribution >= 4 is 10.8 Å². The van der Waals surface area contributed by atoms with Crippen LogP contribution in [-0.4, -0.2) is 44.0 Å². The molecule has 0 aliphatic rings. The van der Waals surface area contributed by atoms with E-state index in [4.69, 9.17) is 0 Å². The second-order valence-electron chi connectivity index (χ2n) is 5.11. The van der Waals surface area contributed by atoms with Crippen LogP contribution < -0.4 is 18.9 Å². The smallest absolute Gasteiger partial charge is 0.308 e. The van der Waals surface area contributed by atoms with Gasteiger partial charge in [0.2, 0.25) is 0 Å². The summed E-state index contributed by atoms with van der Waals surface area (Å²) in [4.78, 5) is 4.54. The van der Waals surface area contributed by atoms with Gasteiger partial charge in [0, 0.05) is 19.6 Å². The summed E-state index contributed by atoms with van der Waals surface area (Å²) in [5.74, 6) is 0. The van der Waals surface area contributed by atoms with Gasteiger partial charge in [-0.2, -0.15) is 0 Å². The van der Waals surface area contributed by atoms with Gasteiger partial charge in [-0.1, -0.05) is 12.1 Å². The van der Waals surface area contributed by atoms with Crippen molar-refractivity contribution < 1.29 is 18.9 Å². The molecule has 19 heavy (non-hydrogen) atoms. The van der Waals surface area contributed by atoms with Crippen molar-refractivity contribution in [1.82, 2.24) is 9.80 Å². The van der Waals surface area contributed by atoms with Gasteiger partial charge in [-0.15, -0.1) is 46.7 Å². The molecular formula is C16H21LiN2. The minimum Gasteiger partial charge on any atom is -0.308 e. The van der Waals surface area contributed by atoms with Crippen LogP contribution >= 0.6 is 0 Å². The number of nitrogens with zero attached hydrogens (tertiary/aromatic N) is 2. The molecule has 96 valence electrons. The maximum Gasteiger partial charge on any atom is 1.00 e. The third-order valence-electron chi connectivity index (χ3n) is 3.09. The molecule has 0 aliphatic heterocycles. The largest absolute Gasteiger partial charge is 1.00 e. The first-order chi connectivity index (χ1) is 8.65. The summed E-state index contributed by atoms with van der Waals surface area (Å²) >= 11 is 0. The van der Waals surface area contributed by atoms with Gasteiger partial charge in [-0.05, 0) is 21.1 Å². The molecule has 0 atom stereocenters. The van der Waals surface area contributed by atoms with E-state index in [1.165, 1.54) is 16.3 Å². The summed E-state index contributed by atoms with van der Waals surface area (Å²) in [5, 5.41) is 2.47. The van der Waals surface area contributed by atoms with Gasteiger partial charge in [-0.3, -0.25) is 0 Å². The van der Waals surface area contributed by atoms with Crippen LogP contribution in [0.3, 0.4) is 0 Å². The van der Waals surface area contributed by atoms with Crippen molar-refractivity contribution in [2.45, 2.75) is 6.54 Å². The minimum absolute atomic E-state index is 0. The molecule has 0 N–H and O–H groups in total. The van der Waals surface area contributed by atoms with E-state index in [2.05, 4.69) is 73.4 Å². The Hall–Kier alpha value is -0.783. The predicted molar refractivity (Wildman–Crippen MR) is 77.7 cm³/mol. The minimum atomic E-state index is 0. The van der Waals surface area contributed by atoms with Crippen molar-refractivity contribution in [3.63, 3.8) is 0 Å². The zero-order valence-corrected chi connectivity index (χ0v) is 12.5. The van der Waals surface area contributed by atoms with Gasteiger partial charge < -0.3 is 9.80 Å². The van der Waals surface area contributed by atoms with E-state index in [0.29, 0.717) is 0 Å². The monoisotopic (exact) mass is 248 g/mol. The first kappa shape index (κ1) is 16.3. The Labute approximate surface area is 128 Å². The Morgan fingerprint density at radius 2 is 1.68 bits per heavy atom. The van der Waals surface area contributed by atoms with Crippen LogP contribution in [0.5, 0.6) is 0 Å². The summed E-state index contributed by atoms with van der Waals surface area (Å²) < 4.78 is 0. The van der Waals surface area contributed by atoms with E-state index in [9.17, 15) is 0 Å². The van der Waals surface area contributed by atoms with Crippen molar-refractivity contribution in [3.8, 4) is 0 Å². The van der Waals surface area contributed by atoms with Crippen LogP contribution in [0, 0.1) is 6.07 Å². The van der Waals surface area contributed by atoms with Crippen molar-refractivity contribution in [2.24, 2.45) is 0 Å². The summed E-state index contributed by atoms with van der Waals surface area (Å²) in [6, 6.07) is 16.2. The number of likely N-dealkylation sites (N-methyl/N-ethyl adjacent to an activating group) is 2. The third-order valence-corrected chi connectivity index (χ3v) is 3.09. The number of fused-ring (bicyclic) bond motifs is 1. The molecule has 3 heteroatoms. The van der Waals surface area contributed by atoms with E-state index in [-0.39, 0.29) is 18.9 Å². The molecule has 0 heterocycles. The quantitative estimate of drug-likeness (QED) is 0.526. The summed E-state index contributed by atoms with van der Waals surface area (Å²) in [7, 11) is 6.37. The second-order valence-corrected chi connectivity index (χ2v) is 5.11. The standard InChI is InChI=1S/C16H21N2.Li/c1-17(2)10-11-18(3)13-14-8-9-15-6-4-5-7-16(15)12-14;/h4-9H,10-11,13H2,1-3H3;/q-1;+1. The molecule has 0 amide bonds. The van der Waals surface area contributed by atoms with Crippen molar-refractivity contribution in [1.29, 1.82) is 0 Å². The molecule has 0 unspecified atom stereocenters. The van der Waals surface area contributed by atoms with Crippen LogP contribution in [0.2, 0.25) is 0 Å². The Bertz CT molecular complexity index is 511. The second kappa shape index (κ2) is 7.72. The Morgan fingerprint density at radius 3 is 2.42 bits per heavy atom. The molecule has 0 fully saturated rings. The van der Waals surface area contributed by atoms with E-state index in [1.807, 2.05) is 0 Å². The molecule has 0 spiro atoms. The SMILES string of the molecule is CN(C)CCN(C)Cc1[c-]c2ccccc2cc1.[Li+]. The van der Waals surface area contributed by atoms with Crippen LogP contribution in [0.25, 0.3) is 10.8 Å². The van der Waals surface area contributed by atoms with Gasteiger partial charge in [0.15, 0.2) is 0 Å². The molecule has 2 aromatic rings. The van der Waals surface area contributed by atoms with Crippen LogP contribution in [-0.2, 0) is 6.54 Å². The predicted octanol–water partition coefficient (Wildman–Crippen LogP) is -0.363. The molecule has 0 bridgehead atoms. The van der Waals surface area contributed by atoms with E-state index in [1.54, 1.807) is 0 Å². The van der Waals surface area contributed by atoms with Crippen LogP contribution in [0.1, 0.15) is 5.56 Å². The van der Waals surface area contributed by atoms with E-state index >= 15 is 0 Å². The Kier molecular flexibility index (Phi) is 6.61. The van der Waals surface area contributed by atoms with Crippen LogP contribution in [0.15, 0.2) is 36.4 Å². The number of hydrogen-bond donors (Lipinski definition) is 0. The van der Waals surface area contributed by atoms with Gasteiger partial charge in [-0.25, -0.2) is 0 Å². The van der Waals surface area contributed by atoms with E-state index < -0.39 is 0 Å². The van der Waals surface area contributed by atoms with Gasteiger partial charge in [0.05, 0.1) is 0 Å². The topological polar surface area (TPSA) is 6.48 Å². The molecule has 2 rings (SSSR count). The van der Waals surface area contributed by atoms with Gasteiger partial charge in [0.1, 0.15) is 0 Å². The molecule has 2 aromatic carbocycles. The maximum absolute atomic E-state index is 3.49. The zero-order chi connectivity index (χ0) is 13.0. The Morgan fingerprint density at radius 1 is 0.947 bits per heavy atom. The average molecular weight is 248 g/mol. The van der Waals surface area contributed by atoms with Crippen LogP contribution in [0.4, 0.5) is 0 Å². The fraction of sp³-hybridized carbons (Fsp3) is 0.375. The maximum atomic E-state index is 3.49. The molecule has 0 radical (unpaired) electrons. The third kappa shape index (κ3) is 5.01. The summed E-state index contributed by atoms with van der Waals surface area (Å²) in [5.41, 5.74) is 1.26. The molecule has 0 saturated carbocycles. The van der Waals surface area contributed by atoms with E-state index in [0.717, 1.165) is 19.6 Å². The Balaban J connectivity index is 0.00000180.